The molecule has 0 amide bonds. The molecule has 4 nitrogen and oxygen atoms in total. The number of nitrogens with zero attached hydrogens (tertiary/aromatic N) is 2. The standard InChI is InChI=1S/C10H10N4.CH4/c11-10(12)14-9-5-7-3-1-2-4-8(7)6-13-9;/h1-6H,(H4,11,12,13,14);1H4. The van der Waals surface area contributed by atoms with Crippen molar-refractivity contribution in [1.29, 1.82) is 0 Å². The van der Waals surface area contributed by atoms with E-state index in [2.05, 4.69) is 9.98 Å². The van der Waals surface area contributed by atoms with Gasteiger partial charge in [-0.25, -0.2) is 4.98 Å². The Labute approximate surface area is 88.6 Å². The average Bonchev–Trinajstić information content (AvgIpc) is 2.17. The van der Waals surface area contributed by atoms with E-state index in [0.717, 1.165) is 10.8 Å². The molecule has 1 aromatic carbocycles. The van der Waals surface area contributed by atoms with Crippen LogP contribution in [0, 0.1) is 0 Å². The second-order valence-corrected chi connectivity index (χ2v) is 2.93. The molecule has 0 bridgehead atoms. The fourth-order valence-electron chi connectivity index (χ4n) is 1.27. The van der Waals surface area contributed by atoms with Crippen molar-refractivity contribution in [2.45, 2.75) is 7.43 Å². The Morgan fingerprint density at radius 3 is 2.47 bits per heavy atom. The summed E-state index contributed by atoms with van der Waals surface area (Å²) in [6.07, 6.45) is 1.75. The zero-order valence-corrected chi connectivity index (χ0v) is 7.51. The Balaban J connectivity index is 0.00000112. The van der Waals surface area contributed by atoms with Gasteiger partial charge in [-0.1, -0.05) is 31.7 Å². The molecule has 2 aromatic rings. The molecule has 78 valence electrons. The van der Waals surface area contributed by atoms with Gasteiger partial charge in [-0.3, -0.25) is 0 Å². The minimum Gasteiger partial charge on any atom is -0.370 e. The van der Waals surface area contributed by atoms with Crippen molar-refractivity contribution in [3.63, 3.8) is 0 Å². The average molecular weight is 202 g/mol. The Morgan fingerprint density at radius 2 is 1.80 bits per heavy atom. The number of pyridine rings is 1. The number of benzene rings is 1. The molecule has 0 unspecified atom stereocenters. The van der Waals surface area contributed by atoms with Crippen molar-refractivity contribution in [2.75, 3.05) is 0 Å². The third kappa shape index (κ3) is 2.43. The summed E-state index contributed by atoms with van der Waals surface area (Å²) < 4.78 is 0. The molecule has 15 heavy (non-hydrogen) atoms. The molecule has 0 atom stereocenters. The molecule has 1 heterocycles. The van der Waals surface area contributed by atoms with Crippen LogP contribution in [0.4, 0.5) is 5.82 Å². The van der Waals surface area contributed by atoms with Gasteiger partial charge < -0.3 is 11.5 Å². The summed E-state index contributed by atoms with van der Waals surface area (Å²) in [5.41, 5.74) is 10.5. The minimum atomic E-state index is 0. The highest BCUT2D eigenvalue weighted by Crippen LogP contribution is 2.17. The van der Waals surface area contributed by atoms with E-state index in [1.807, 2.05) is 30.3 Å². The van der Waals surface area contributed by atoms with E-state index < -0.39 is 0 Å². The Hall–Kier alpha value is -2.10. The van der Waals surface area contributed by atoms with Gasteiger partial charge in [0.1, 0.15) is 0 Å². The normalized spacial score (nSPS) is 9.33. The van der Waals surface area contributed by atoms with Gasteiger partial charge in [-0.05, 0) is 11.5 Å². The van der Waals surface area contributed by atoms with Crippen LogP contribution in [0.1, 0.15) is 7.43 Å². The first-order valence-electron chi connectivity index (χ1n) is 4.20. The first kappa shape index (κ1) is 11.0. The van der Waals surface area contributed by atoms with E-state index in [9.17, 15) is 0 Å². The van der Waals surface area contributed by atoms with E-state index in [-0.39, 0.29) is 13.4 Å². The van der Waals surface area contributed by atoms with E-state index in [1.54, 1.807) is 6.20 Å². The summed E-state index contributed by atoms with van der Waals surface area (Å²) in [6, 6.07) is 9.74. The van der Waals surface area contributed by atoms with Gasteiger partial charge in [0.15, 0.2) is 11.8 Å². The molecule has 0 saturated carbocycles. The fourth-order valence-corrected chi connectivity index (χ4v) is 1.27. The van der Waals surface area contributed by atoms with Crippen LogP contribution in [0.5, 0.6) is 0 Å². The quantitative estimate of drug-likeness (QED) is 0.546. The number of aromatic nitrogens is 1. The maximum atomic E-state index is 5.26. The number of fused-ring (bicyclic) bond motifs is 1. The van der Waals surface area contributed by atoms with Crippen LogP contribution in [0.3, 0.4) is 0 Å². The van der Waals surface area contributed by atoms with Gasteiger partial charge in [0, 0.05) is 11.6 Å². The molecule has 0 saturated heterocycles. The van der Waals surface area contributed by atoms with Gasteiger partial charge in [0.25, 0.3) is 0 Å². The Kier molecular flexibility index (Phi) is 3.23. The van der Waals surface area contributed by atoms with E-state index in [1.165, 1.54) is 0 Å². The molecule has 1 aromatic heterocycles. The third-order valence-corrected chi connectivity index (χ3v) is 1.86. The summed E-state index contributed by atoms with van der Waals surface area (Å²) in [6.45, 7) is 0. The number of hydrogen-bond acceptors (Lipinski definition) is 2. The zero-order valence-electron chi connectivity index (χ0n) is 7.51. The van der Waals surface area contributed by atoms with Crippen molar-refractivity contribution in [3.8, 4) is 0 Å². The predicted molar refractivity (Wildman–Crippen MR) is 63.9 cm³/mol. The Morgan fingerprint density at radius 1 is 1.13 bits per heavy atom. The highest BCUT2D eigenvalue weighted by molar-refractivity contribution is 5.85. The second-order valence-electron chi connectivity index (χ2n) is 2.93. The summed E-state index contributed by atoms with van der Waals surface area (Å²) >= 11 is 0. The first-order chi connectivity index (χ1) is 6.75. The van der Waals surface area contributed by atoms with Crippen LogP contribution in [-0.2, 0) is 0 Å². The molecule has 0 fully saturated rings. The molecule has 0 aliphatic carbocycles. The van der Waals surface area contributed by atoms with Crippen LogP contribution < -0.4 is 11.5 Å². The number of hydrogen-bond donors (Lipinski definition) is 2. The van der Waals surface area contributed by atoms with Crippen LogP contribution >= 0.6 is 0 Å². The maximum Gasteiger partial charge on any atom is 0.192 e. The maximum absolute atomic E-state index is 5.26. The summed E-state index contributed by atoms with van der Waals surface area (Å²) in [7, 11) is 0. The summed E-state index contributed by atoms with van der Waals surface area (Å²) in [5.74, 6) is 0.552. The second kappa shape index (κ2) is 4.41. The zero-order chi connectivity index (χ0) is 9.97. The van der Waals surface area contributed by atoms with Crippen LogP contribution in [0.2, 0.25) is 0 Å². The highest BCUT2D eigenvalue weighted by atomic mass is 15.0. The van der Waals surface area contributed by atoms with Crippen molar-refractivity contribution in [2.24, 2.45) is 16.5 Å². The molecule has 4 N–H and O–H groups in total. The van der Waals surface area contributed by atoms with Gasteiger partial charge in [0.2, 0.25) is 0 Å². The lowest BCUT2D eigenvalue weighted by Gasteiger charge is -1.98. The largest absolute Gasteiger partial charge is 0.370 e. The lowest BCUT2D eigenvalue weighted by molar-refractivity contribution is 1.28. The topological polar surface area (TPSA) is 77.3 Å². The molecule has 0 spiro atoms. The molecular weight excluding hydrogens is 188 g/mol. The molecule has 4 heteroatoms. The number of aliphatic imine (C=N–C) groups is 1. The first-order valence-corrected chi connectivity index (χ1v) is 4.20. The van der Waals surface area contributed by atoms with Crippen molar-refractivity contribution >= 4 is 22.5 Å². The Bertz CT molecular complexity index is 487. The number of guanidine groups is 1. The van der Waals surface area contributed by atoms with Crippen molar-refractivity contribution in [1.82, 2.24) is 4.98 Å². The van der Waals surface area contributed by atoms with Gasteiger partial charge in [-0.15, -0.1) is 0 Å². The van der Waals surface area contributed by atoms with Crippen molar-refractivity contribution < 1.29 is 0 Å². The third-order valence-electron chi connectivity index (χ3n) is 1.86. The van der Waals surface area contributed by atoms with Crippen LogP contribution in [0.15, 0.2) is 41.5 Å². The summed E-state index contributed by atoms with van der Waals surface area (Å²) in [5, 5.41) is 2.14. The van der Waals surface area contributed by atoms with Crippen LogP contribution in [-0.4, -0.2) is 10.9 Å². The predicted octanol–water partition coefficient (Wildman–Crippen LogP) is 1.78. The van der Waals surface area contributed by atoms with E-state index >= 15 is 0 Å². The lowest BCUT2D eigenvalue weighted by Crippen LogP contribution is -2.22. The molecule has 0 radical (unpaired) electrons. The smallest absolute Gasteiger partial charge is 0.192 e. The highest BCUT2D eigenvalue weighted by Gasteiger charge is 1.95. The van der Waals surface area contributed by atoms with E-state index in [0.29, 0.717) is 5.82 Å². The molecular formula is C11H14N4. The van der Waals surface area contributed by atoms with Gasteiger partial charge in [0.05, 0.1) is 0 Å². The number of nitrogens with two attached hydrogens (primary N) is 2. The fraction of sp³-hybridized carbons (Fsp3) is 0.0909. The molecule has 0 aliphatic heterocycles. The number of rotatable bonds is 1. The lowest BCUT2D eigenvalue weighted by atomic mass is 10.2. The SMILES string of the molecule is C.NC(N)=Nc1cc2ccccc2cn1. The minimum absolute atomic E-state index is 0. The summed E-state index contributed by atoms with van der Waals surface area (Å²) in [4.78, 5) is 7.97. The van der Waals surface area contributed by atoms with E-state index in [4.69, 9.17) is 11.5 Å². The van der Waals surface area contributed by atoms with Crippen molar-refractivity contribution in [3.05, 3.63) is 36.5 Å². The van der Waals surface area contributed by atoms with Gasteiger partial charge in [-0.2, -0.15) is 4.99 Å². The van der Waals surface area contributed by atoms with Crippen LogP contribution in [0.25, 0.3) is 10.8 Å². The molecule has 0 aliphatic rings. The van der Waals surface area contributed by atoms with Gasteiger partial charge >= 0.3 is 0 Å². The monoisotopic (exact) mass is 202 g/mol. The molecule has 2 rings (SSSR count).